The summed E-state index contributed by atoms with van der Waals surface area (Å²) >= 11 is 0. The van der Waals surface area contributed by atoms with E-state index in [0.717, 1.165) is 0 Å². The number of carboxylic acid groups (broad SMARTS) is 1. The molecular weight excluding hydrogens is 470 g/mol. The van der Waals surface area contributed by atoms with Gasteiger partial charge in [-0.25, -0.2) is 13.6 Å². The standard InChI is InChI=1S/C26H24F2N4O4/c1-26(2,6-7-29)24-20(14-9-19(25(33)34)36-12-14)21-17(8-13-11-30-31-23(13)22(21)28)32(24)15-4-5-16(27)18(10-15)35-3/h4-5,8,10-11,14,19H,6,9,12H2,1-3H3,(H,30,31)(H,33,34)/t14-,19+/m1/s1. The molecule has 0 unspecified atom stereocenters. The van der Waals surface area contributed by atoms with Crippen molar-refractivity contribution in [3.63, 3.8) is 0 Å². The number of methoxy groups -OCH3 is 1. The lowest BCUT2D eigenvalue weighted by atomic mass is 9.79. The fourth-order valence-corrected chi connectivity index (χ4v) is 5.23. The van der Waals surface area contributed by atoms with Crippen LogP contribution in [0.1, 0.15) is 43.9 Å². The Bertz CT molecular complexity index is 1550. The third kappa shape index (κ3) is 3.58. The van der Waals surface area contributed by atoms with Crippen molar-refractivity contribution in [1.29, 1.82) is 5.26 Å². The first kappa shape index (κ1) is 23.8. The maximum absolute atomic E-state index is 16.2. The zero-order valence-electron chi connectivity index (χ0n) is 19.9. The van der Waals surface area contributed by atoms with E-state index in [2.05, 4.69) is 16.3 Å². The predicted molar refractivity (Wildman–Crippen MR) is 127 cm³/mol. The number of nitrogens with zero attached hydrogens (tertiary/aromatic N) is 3. The summed E-state index contributed by atoms with van der Waals surface area (Å²) in [5.74, 6) is -2.60. The van der Waals surface area contributed by atoms with Crippen LogP contribution in [0.15, 0.2) is 30.5 Å². The number of ether oxygens (including phenoxy) is 2. The molecule has 0 radical (unpaired) electrons. The number of nitrogens with one attached hydrogen (secondary N) is 1. The van der Waals surface area contributed by atoms with Gasteiger partial charge in [0, 0.05) is 46.0 Å². The molecule has 0 bridgehead atoms. The minimum atomic E-state index is -1.08. The number of carboxylic acids is 1. The van der Waals surface area contributed by atoms with Gasteiger partial charge >= 0.3 is 5.97 Å². The molecule has 2 atom stereocenters. The fourth-order valence-electron chi connectivity index (χ4n) is 5.23. The van der Waals surface area contributed by atoms with Crippen molar-refractivity contribution in [3.8, 4) is 17.5 Å². The average molecular weight is 494 g/mol. The van der Waals surface area contributed by atoms with E-state index in [1.807, 2.05) is 18.4 Å². The number of fused-ring (bicyclic) bond motifs is 2. The Morgan fingerprint density at radius 2 is 2.17 bits per heavy atom. The summed E-state index contributed by atoms with van der Waals surface area (Å²) in [6.45, 7) is 3.83. The number of H-pyrrole nitrogens is 1. The first-order valence-corrected chi connectivity index (χ1v) is 11.4. The van der Waals surface area contributed by atoms with E-state index in [9.17, 15) is 19.6 Å². The van der Waals surface area contributed by atoms with Crippen LogP contribution < -0.4 is 4.74 Å². The smallest absolute Gasteiger partial charge is 0.332 e. The van der Waals surface area contributed by atoms with E-state index in [1.165, 1.54) is 25.4 Å². The number of aromatic nitrogens is 3. The zero-order valence-corrected chi connectivity index (χ0v) is 19.9. The lowest BCUT2D eigenvalue weighted by molar-refractivity contribution is -0.147. The van der Waals surface area contributed by atoms with Gasteiger partial charge in [0.15, 0.2) is 23.5 Å². The lowest BCUT2D eigenvalue weighted by Gasteiger charge is -2.28. The number of halogens is 2. The maximum atomic E-state index is 16.2. The Hall–Kier alpha value is -3.97. The molecule has 2 aromatic carbocycles. The number of hydrogen-bond donors (Lipinski definition) is 2. The summed E-state index contributed by atoms with van der Waals surface area (Å²) in [4.78, 5) is 11.7. The van der Waals surface area contributed by atoms with Crippen molar-refractivity contribution in [2.45, 2.75) is 44.1 Å². The molecular formula is C26H24F2N4O4. The average Bonchev–Trinajstić information content (AvgIpc) is 3.57. The van der Waals surface area contributed by atoms with Crippen LogP contribution in [-0.4, -0.2) is 45.7 Å². The fraction of sp³-hybridized carbons (Fsp3) is 0.346. The van der Waals surface area contributed by atoms with Crippen molar-refractivity contribution >= 4 is 27.8 Å². The summed E-state index contributed by atoms with van der Waals surface area (Å²) in [6.07, 6.45) is 0.743. The van der Waals surface area contributed by atoms with E-state index < -0.39 is 35.0 Å². The highest BCUT2D eigenvalue weighted by atomic mass is 19.1. The van der Waals surface area contributed by atoms with Gasteiger partial charge in [-0.2, -0.15) is 10.4 Å². The van der Waals surface area contributed by atoms with E-state index >= 15 is 4.39 Å². The Morgan fingerprint density at radius 1 is 1.39 bits per heavy atom. The van der Waals surface area contributed by atoms with Crippen LogP contribution in [0, 0.1) is 23.0 Å². The maximum Gasteiger partial charge on any atom is 0.332 e. The topological polar surface area (TPSA) is 113 Å². The highest BCUT2D eigenvalue weighted by Crippen LogP contribution is 2.47. The van der Waals surface area contributed by atoms with Crippen molar-refractivity contribution in [2.24, 2.45) is 0 Å². The predicted octanol–water partition coefficient (Wildman–Crippen LogP) is 4.94. The van der Waals surface area contributed by atoms with Gasteiger partial charge in [-0.3, -0.25) is 5.10 Å². The third-order valence-electron chi connectivity index (χ3n) is 6.88. The number of aliphatic carboxylic acids is 1. The van der Waals surface area contributed by atoms with Crippen LogP contribution in [0.25, 0.3) is 27.5 Å². The Morgan fingerprint density at radius 3 is 2.83 bits per heavy atom. The summed E-state index contributed by atoms with van der Waals surface area (Å²) in [5, 5.41) is 26.7. The summed E-state index contributed by atoms with van der Waals surface area (Å²) in [7, 11) is 1.36. The molecule has 4 aromatic rings. The molecule has 1 aliphatic heterocycles. The van der Waals surface area contributed by atoms with Crippen LogP contribution in [-0.2, 0) is 14.9 Å². The molecule has 1 aliphatic rings. The first-order chi connectivity index (χ1) is 17.2. The molecule has 0 aliphatic carbocycles. The van der Waals surface area contributed by atoms with E-state index in [4.69, 9.17) is 9.47 Å². The molecule has 8 nitrogen and oxygen atoms in total. The second-order valence-corrected chi connectivity index (χ2v) is 9.65. The molecule has 36 heavy (non-hydrogen) atoms. The van der Waals surface area contributed by atoms with E-state index in [-0.39, 0.29) is 36.1 Å². The number of benzene rings is 2. The van der Waals surface area contributed by atoms with Crippen LogP contribution in [0.5, 0.6) is 5.75 Å². The summed E-state index contributed by atoms with van der Waals surface area (Å²) in [5.41, 5.74) is 1.64. The van der Waals surface area contributed by atoms with Gasteiger partial charge < -0.3 is 19.1 Å². The van der Waals surface area contributed by atoms with Crippen molar-refractivity contribution in [1.82, 2.24) is 14.8 Å². The van der Waals surface area contributed by atoms with Crippen LogP contribution in [0.3, 0.4) is 0 Å². The van der Waals surface area contributed by atoms with Crippen molar-refractivity contribution < 1.29 is 28.2 Å². The Balaban J connectivity index is 1.93. The number of hydrogen-bond acceptors (Lipinski definition) is 5. The number of carbonyl (C=O) groups is 1. The lowest BCUT2D eigenvalue weighted by Crippen LogP contribution is -2.24. The van der Waals surface area contributed by atoms with E-state index in [1.54, 1.807) is 12.1 Å². The summed E-state index contributed by atoms with van der Waals surface area (Å²) < 4.78 is 43.1. The molecule has 2 N–H and O–H groups in total. The SMILES string of the molecule is COc1cc(-n2c(C(C)(C)CC#N)c([C@H]3CO[C@H](C(=O)O)C3)c3c(F)c4[nH]ncc4cc32)ccc1F. The number of rotatable bonds is 6. The molecule has 5 rings (SSSR count). The van der Waals surface area contributed by atoms with Gasteiger partial charge in [0.2, 0.25) is 0 Å². The molecule has 0 spiro atoms. The van der Waals surface area contributed by atoms with Crippen LogP contribution in [0.4, 0.5) is 8.78 Å². The van der Waals surface area contributed by atoms with Crippen LogP contribution >= 0.6 is 0 Å². The second kappa shape index (κ2) is 8.60. The molecule has 0 amide bonds. The second-order valence-electron chi connectivity index (χ2n) is 9.65. The molecule has 186 valence electrons. The van der Waals surface area contributed by atoms with Crippen molar-refractivity contribution in [2.75, 3.05) is 13.7 Å². The quantitative estimate of drug-likeness (QED) is 0.393. The highest BCUT2D eigenvalue weighted by Gasteiger charge is 2.40. The van der Waals surface area contributed by atoms with Gasteiger partial charge in [-0.05, 0) is 30.2 Å². The van der Waals surface area contributed by atoms with Gasteiger partial charge in [0.1, 0.15) is 5.52 Å². The number of aromatic amines is 1. The molecule has 3 heterocycles. The molecule has 2 aromatic heterocycles. The van der Waals surface area contributed by atoms with Gasteiger partial charge in [0.25, 0.3) is 0 Å². The van der Waals surface area contributed by atoms with Crippen LogP contribution in [0.2, 0.25) is 0 Å². The van der Waals surface area contributed by atoms with E-state index in [0.29, 0.717) is 27.8 Å². The third-order valence-corrected chi connectivity index (χ3v) is 6.88. The molecule has 0 saturated carbocycles. The van der Waals surface area contributed by atoms with Gasteiger partial charge in [0.05, 0.1) is 31.5 Å². The Labute approximate surface area is 205 Å². The minimum Gasteiger partial charge on any atom is -0.494 e. The highest BCUT2D eigenvalue weighted by molar-refractivity contribution is 6.00. The zero-order chi connectivity index (χ0) is 25.8. The molecule has 1 fully saturated rings. The number of nitriles is 1. The van der Waals surface area contributed by atoms with Gasteiger partial charge in [-0.15, -0.1) is 0 Å². The minimum absolute atomic E-state index is 0.0138. The van der Waals surface area contributed by atoms with Gasteiger partial charge in [-0.1, -0.05) is 13.8 Å². The largest absolute Gasteiger partial charge is 0.494 e. The summed E-state index contributed by atoms with van der Waals surface area (Å²) in [6, 6.07) is 8.36. The van der Waals surface area contributed by atoms with Crippen molar-refractivity contribution in [3.05, 3.63) is 53.4 Å². The molecule has 10 heteroatoms. The Kier molecular flexibility index (Phi) is 5.68. The molecule has 1 saturated heterocycles. The first-order valence-electron chi connectivity index (χ1n) is 11.4. The normalized spacial score (nSPS) is 18.1. The monoisotopic (exact) mass is 494 g/mol.